The van der Waals surface area contributed by atoms with Crippen LogP contribution in [0.3, 0.4) is 0 Å². The fourth-order valence-corrected chi connectivity index (χ4v) is 1.67. The van der Waals surface area contributed by atoms with Gasteiger partial charge in [-0.3, -0.25) is 0 Å². The lowest BCUT2D eigenvalue weighted by Crippen LogP contribution is -2.20. The van der Waals surface area contributed by atoms with E-state index in [0.717, 1.165) is 6.42 Å². The van der Waals surface area contributed by atoms with Gasteiger partial charge in [-0.15, -0.1) is 0 Å². The van der Waals surface area contributed by atoms with E-state index in [1.54, 1.807) is 0 Å². The van der Waals surface area contributed by atoms with Gasteiger partial charge in [-0.2, -0.15) is 0 Å². The highest BCUT2D eigenvalue weighted by Gasteiger charge is 1.98. The molecule has 2 heteroatoms. The van der Waals surface area contributed by atoms with E-state index in [2.05, 4.69) is 23.7 Å². The Morgan fingerprint density at radius 1 is 0.933 bits per heavy atom. The highest BCUT2D eigenvalue weighted by Crippen LogP contribution is 2.02. The molecule has 0 N–H and O–H groups in total. The maximum atomic E-state index is 6.67. The van der Waals surface area contributed by atoms with Crippen LogP contribution in [0.2, 0.25) is 0 Å². The Morgan fingerprint density at radius 3 is 2.07 bits per heavy atom. The minimum absolute atomic E-state index is 0.709. The van der Waals surface area contributed by atoms with Gasteiger partial charge in [0.2, 0.25) is 6.54 Å². The van der Waals surface area contributed by atoms with Crippen molar-refractivity contribution in [1.29, 1.82) is 0 Å². The molecule has 0 saturated carbocycles. The molecule has 0 spiro atoms. The Kier molecular flexibility index (Phi) is 11.1. The van der Waals surface area contributed by atoms with Crippen LogP contribution in [0.25, 0.3) is 4.85 Å². The van der Waals surface area contributed by atoms with Gasteiger partial charge >= 0.3 is 0 Å². The molecule has 0 aliphatic carbocycles. The number of rotatable bonds is 10. The number of unbranched alkanes of at least 4 members (excludes halogenated alkanes) is 5. The van der Waals surface area contributed by atoms with Crippen molar-refractivity contribution >= 4 is 0 Å². The summed E-state index contributed by atoms with van der Waals surface area (Å²) < 4.78 is 0. The molecule has 0 atom stereocenters. The van der Waals surface area contributed by atoms with E-state index in [9.17, 15) is 0 Å². The largest absolute Gasteiger partial charge is 0.317 e. The van der Waals surface area contributed by atoms with Gasteiger partial charge in [-0.05, 0) is 39.4 Å². The minimum Gasteiger partial charge on any atom is -0.317 e. The summed E-state index contributed by atoms with van der Waals surface area (Å²) >= 11 is 0. The van der Waals surface area contributed by atoms with Crippen molar-refractivity contribution in [1.82, 2.24) is 4.90 Å². The highest BCUT2D eigenvalue weighted by molar-refractivity contribution is 4.59. The molecule has 0 heterocycles. The summed E-state index contributed by atoms with van der Waals surface area (Å²) in [6.07, 6.45) is 8.94. The van der Waals surface area contributed by atoms with Crippen molar-refractivity contribution in [2.24, 2.45) is 0 Å². The Balaban J connectivity index is 3.12. The molecule has 0 unspecified atom stereocenters. The summed E-state index contributed by atoms with van der Waals surface area (Å²) in [7, 11) is 2.21. The Morgan fingerprint density at radius 2 is 1.53 bits per heavy atom. The third kappa shape index (κ3) is 11.4. The first kappa shape index (κ1) is 14.5. The number of nitrogens with zero attached hydrogens (tertiary/aromatic N) is 2. The van der Waals surface area contributed by atoms with Crippen LogP contribution in [-0.2, 0) is 0 Å². The zero-order valence-electron chi connectivity index (χ0n) is 10.5. The summed E-state index contributed by atoms with van der Waals surface area (Å²) in [5.41, 5.74) is 0. The van der Waals surface area contributed by atoms with E-state index in [0.29, 0.717) is 6.54 Å². The van der Waals surface area contributed by atoms with E-state index in [1.165, 1.54) is 51.6 Å². The molecule has 2 nitrogen and oxygen atoms in total. The second-order valence-corrected chi connectivity index (χ2v) is 4.31. The Labute approximate surface area is 95.5 Å². The topological polar surface area (TPSA) is 7.60 Å². The molecular formula is C13H26N2. The average molecular weight is 210 g/mol. The van der Waals surface area contributed by atoms with E-state index >= 15 is 0 Å². The predicted molar refractivity (Wildman–Crippen MR) is 67.0 cm³/mol. The maximum Gasteiger partial charge on any atom is 0.214 e. The van der Waals surface area contributed by atoms with E-state index in [4.69, 9.17) is 6.57 Å². The van der Waals surface area contributed by atoms with Crippen molar-refractivity contribution in [3.63, 3.8) is 0 Å². The molecular weight excluding hydrogens is 184 g/mol. The molecule has 0 aromatic carbocycles. The zero-order chi connectivity index (χ0) is 11.4. The zero-order valence-corrected chi connectivity index (χ0v) is 10.5. The summed E-state index contributed by atoms with van der Waals surface area (Å²) in [5, 5.41) is 0. The average Bonchev–Trinajstić information content (AvgIpc) is 2.24. The number of hydrogen-bond acceptors (Lipinski definition) is 1. The molecule has 0 rings (SSSR count). The van der Waals surface area contributed by atoms with Gasteiger partial charge in [-0.25, -0.2) is 6.57 Å². The van der Waals surface area contributed by atoms with Crippen LogP contribution >= 0.6 is 0 Å². The van der Waals surface area contributed by atoms with Crippen LogP contribution in [0.4, 0.5) is 0 Å². The molecule has 0 aliphatic heterocycles. The third-order valence-electron chi connectivity index (χ3n) is 2.70. The Bertz CT molecular complexity index is 160. The predicted octanol–water partition coefficient (Wildman–Crippen LogP) is 3.59. The van der Waals surface area contributed by atoms with E-state index < -0.39 is 0 Å². The molecule has 0 saturated heterocycles. The van der Waals surface area contributed by atoms with Crippen molar-refractivity contribution < 1.29 is 0 Å². The van der Waals surface area contributed by atoms with Crippen molar-refractivity contribution in [3.05, 3.63) is 11.4 Å². The molecule has 0 amide bonds. The van der Waals surface area contributed by atoms with Gasteiger partial charge in [-0.1, -0.05) is 26.2 Å². The molecule has 0 aromatic rings. The standard InChI is InChI=1S/C13H26N2/c1-4-5-6-9-12-15(3)13-10-7-8-11-14-2/h4-13H2,1,3H3. The quantitative estimate of drug-likeness (QED) is 0.395. The van der Waals surface area contributed by atoms with Crippen LogP contribution in [0.15, 0.2) is 0 Å². The lowest BCUT2D eigenvalue weighted by Gasteiger charge is -2.15. The molecule has 0 radical (unpaired) electrons. The smallest absolute Gasteiger partial charge is 0.214 e. The van der Waals surface area contributed by atoms with Gasteiger partial charge in [0, 0.05) is 6.42 Å². The fourth-order valence-electron chi connectivity index (χ4n) is 1.67. The first-order valence-electron chi connectivity index (χ1n) is 6.33. The van der Waals surface area contributed by atoms with Gasteiger partial charge in [0.25, 0.3) is 0 Å². The maximum absolute atomic E-state index is 6.67. The lowest BCUT2D eigenvalue weighted by atomic mass is 10.2. The van der Waals surface area contributed by atoms with E-state index in [1.807, 2.05) is 0 Å². The second-order valence-electron chi connectivity index (χ2n) is 4.31. The fraction of sp³-hybridized carbons (Fsp3) is 0.923. The third-order valence-corrected chi connectivity index (χ3v) is 2.70. The molecule has 0 bridgehead atoms. The summed E-state index contributed by atoms with van der Waals surface area (Å²) in [6, 6.07) is 0. The van der Waals surface area contributed by atoms with Crippen molar-refractivity contribution in [2.45, 2.75) is 51.9 Å². The van der Waals surface area contributed by atoms with Gasteiger partial charge in [0.05, 0.1) is 0 Å². The van der Waals surface area contributed by atoms with Gasteiger partial charge in [0.15, 0.2) is 0 Å². The van der Waals surface area contributed by atoms with Gasteiger partial charge in [0.1, 0.15) is 0 Å². The SMILES string of the molecule is [C-]#[N+]CCCCCN(C)CCCCCC. The minimum atomic E-state index is 0.709. The molecule has 0 fully saturated rings. The summed E-state index contributed by atoms with van der Waals surface area (Å²) in [6.45, 7) is 12.1. The Hall–Kier alpha value is -0.550. The van der Waals surface area contributed by atoms with Crippen molar-refractivity contribution in [2.75, 3.05) is 26.7 Å². The monoisotopic (exact) mass is 210 g/mol. The number of hydrogen-bond donors (Lipinski definition) is 0. The van der Waals surface area contributed by atoms with Crippen LogP contribution in [0.1, 0.15) is 51.9 Å². The molecule has 15 heavy (non-hydrogen) atoms. The molecule has 0 aliphatic rings. The normalized spacial score (nSPS) is 10.5. The summed E-state index contributed by atoms with van der Waals surface area (Å²) in [5.74, 6) is 0. The molecule has 88 valence electrons. The summed E-state index contributed by atoms with van der Waals surface area (Å²) in [4.78, 5) is 5.78. The molecule has 0 aromatic heterocycles. The van der Waals surface area contributed by atoms with Crippen LogP contribution in [-0.4, -0.2) is 31.6 Å². The lowest BCUT2D eigenvalue weighted by molar-refractivity contribution is 0.316. The first-order valence-corrected chi connectivity index (χ1v) is 6.33. The van der Waals surface area contributed by atoms with Gasteiger partial charge < -0.3 is 9.74 Å². The van der Waals surface area contributed by atoms with Crippen molar-refractivity contribution in [3.8, 4) is 0 Å². The van der Waals surface area contributed by atoms with E-state index in [-0.39, 0.29) is 0 Å². The highest BCUT2D eigenvalue weighted by atomic mass is 15.1. The van der Waals surface area contributed by atoms with Crippen LogP contribution in [0, 0.1) is 6.57 Å². The first-order chi connectivity index (χ1) is 7.31. The second kappa shape index (κ2) is 11.5. The van der Waals surface area contributed by atoms with Crippen LogP contribution < -0.4 is 0 Å². The van der Waals surface area contributed by atoms with Crippen LogP contribution in [0.5, 0.6) is 0 Å².